The van der Waals surface area contributed by atoms with Gasteiger partial charge in [-0.15, -0.1) is 0 Å². The molecule has 0 radical (unpaired) electrons. The van der Waals surface area contributed by atoms with Gasteiger partial charge in [-0.05, 0) is 36.6 Å². The van der Waals surface area contributed by atoms with E-state index in [2.05, 4.69) is 0 Å². The Bertz CT molecular complexity index is 652. The summed E-state index contributed by atoms with van der Waals surface area (Å²) in [4.78, 5) is 11.3. The summed E-state index contributed by atoms with van der Waals surface area (Å²) in [6.45, 7) is 4.36. The number of benzene rings is 2. The molecule has 0 bridgehead atoms. The topological polar surface area (TPSA) is 55.8 Å². The van der Waals surface area contributed by atoms with Crippen LogP contribution in [0.4, 0.5) is 0 Å². The zero-order valence-corrected chi connectivity index (χ0v) is 14.2. The second kappa shape index (κ2) is 9.08. The number of carbonyl (C=O) groups is 1. The molecule has 4 nitrogen and oxygen atoms in total. The summed E-state index contributed by atoms with van der Waals surface area (Å²) in [6.07, 6.45) is 0.720. The molecule has 2 aromatic rings. The summed E-state index contributed by atoms with van der Waals surface area (Å²) in [5.74, 6) is 0.00273. The summed E-state index contributed by atoms with van der Waals surface area (Å²) in [6, 6.07) is 15.6. The van der Waals surface area contributed by atoms with Crippen LogP contribution in [0.2, 0.25) is 0 Å². The van der Waals surface area contributed by atoms with Crippen LogP contribution in [0.1, 0.15) is 43.1 Å². The molecule has 1 unspecified atom stereocenters. The second-order valence-electron chi connectivity index (χ2n) is 5.62. The molecule has 0 aliphatic rings. The van der Waals surface area contributed by atoms with E-state index in [9.17, 15) is 9.90 Å². The van der Waals surface area contributed by atoms with Gasteiger partial charge in [0.1, 0.15) is 5.75 Å². The van der Waals surface area contributed by atoms with Gasteiger partial charge in [-0.1, -0.05) is 42.5 Å². The SMILES string of the molecule is CCOC(=O)CCOC(C)c1ccc(Cc2ccccc2)c(O)c1. The molecule has 0 saturated carbocycles. The normalized spacial score (nSPS) is 11.9. The van der Waals surface area contributed by atoms with E-state index < -0.39 is 0 Å². The molecule has 1 N–H and O–H groups in total. The van der Waals surface area contributed by atoms with Crippen LogP contribution in [0, 0.1) is 0 Å². The molecule has 2 rings (SSSR count). The Balaban J connectivity index is 1.92. The maximum Gasteiger partial charge on any atom is 0.308 e. The third-order valence-corrected chi connectivity index (χ3v) is 3.80. The standard InChI is InChI=1S/C20H24O4/c1-3-23-20(22)11-12-24-15(2)17-9-10-18(19(21)14-17)13-16-7-5-4-6-8-16/h4-10,14-15,21H,3,11-13H2,1-2H3. The van der Waals surface area contributed by atoms with E-state index in [0.717, 1.165) is 16.7 Å². The summed E-state index contributed by atoms with van der Waals surface area (Å²) < 4.78 is 10.5. The maximum atomic E-state index is 11.3. The molecular formula is C20H24O4. The zero-order valence-electron chi connectivity index (χ0n) is 14.2. The van der Waals surface area contributed by atoms with Gasteiger partial charge < -0.3 is 14.6 Å². The van der Waals surface area contributed by atoms with Gasteiger partial charge in [-0.25, -0.2) is 0 Å². The number of phenols is 1. The second-order valence-corrected chi connectivity index (χ2v) is 5.62. The molecule has 0 fully saturated rings. The molecule has 0 aliphatic heterocycles. The molecule has 0 spiro atoms. The summed E-state index contributed by atoms with van der Waals surface area (Å²) >= 11 is 0. The van der Waals surface area contributed by atoms with Gasteiger partial charge in [0, 0.05) is 6.42 Å². The van der Waals surface area contributed by atoms with Crippen LogP contribution in [0.25, 0.3) is 0 Å². The van der Waals surface area contributed by atoms with Gasteiger partial charge in [-0.2, -0.15) is 0 Å². The Morgan fingerprint density at radius 2 is 1.92 bits per heavy atom. The van der Waals surface area contributed by atoms with Crippen LogP contribution in [0.15, 0.2) is 48.5 Å². The lowest BCUT2D eigenvalue weighted by Gasteiger charge is -2.15. The minimum absolute atomic E-state index is 0.198. The summed E-state index contributed by atoms with van der Waals surface area (Å²) in [7, 11) is 0. The highest BCUT2D eigenvalue weighted by Crippen LogP contribution is 2.26. The first kappa shape index (κ1) is 18.0. The van der Waals surface area contributed by atoms with Crippen LogP contribution >= 0.6 is 0 Å². The van der Waals surface area contributed by atoms with Crippen molar-refractivity contribution in [3.63, 3.8) is 0 Å². The highest BCUT2D eigenvalue weighted by Gasteiger charge is 2.11. The van der Waals surface area contributed by atoms with Crippen LogP contribution in [0.3, 0.4) is 0 Å². The zero-order chi connectivity index (χ0) is 17.4. The predicted molar refractivity (Wildman–Crippen MR) is 93.0 cm³/mol. The van der Waals surface area contributed by atoms with E-state index in [1.807, 2.05) is 49.4 Å². The van der Waals surface area contributed by atoms with Gasteiger partial charge >= 0.3 is 5.97 Å². The Hall–Kier alpha value is -2.33. The molecule has 0 aromatic heterocycles. The first-order valence-corrected chi connectivity index (χ1v) is 8.23. The molecular weight excluding hydrogens is 304 g/mol. The third-order valence-electron chi connectivity index (χ3n) is 3.80. The number of carbonyl (C=O) groups excluding carboxylic acids is 1. The molecule has 4 heteroatoms. The monoisotopic (exact) mass is 328 g/mol. The maximum absolute atomic E-state index is 11.3. The Kier molecular flexibility index (Phi) is 6.82. The highest BCUT2D eigenvalue weighted by molar-refractivity contribution is 5.69. The lowest BCUT2D eigenvalue weighted by atomic mass is 10.0. The lowest BCUT2D eigenvalue weighted by molar-refractivity contribution is -0.144. The lowest BCUT2D eigenvalue weighted by Crippen LogP contribution is -2.10. The number of rotatable bonds is 8. The van der Waals surface area contributed by atoms with Crippen molar-refractivity contribution in [2.24, 2.45) is 0 Å². The molecule has 0 saturated heterocycles. The van der Waals surface area contributed by atoms with Crippen LogP contribution < -0.4 is 0 Å². The minimum Gasteiger partial charge on any atom is -0.508 e. The Morgan fingerprint density at radius 1 is 1.17 bits per heavy atom. The van der Waals surface area contributed by atoms with Crippen molar-refractivity contribution in [1.29, 1.82) is 0 Å². The van der Waals surface area contributed by atoms with Crippen molar-refractivity contribution >= 4 is 5.97 Å². The number of hydrogen-bond acceptors (Lipinski definition) is 4. The largest absolute Gasteiger partial charge is 0.508 e. The Labute approximate surface area is 143 Å². The van der Waals surface area contributed by atoms with E-state index >= 15 is 0 Å². The smallest absolute Gasteiger partial charge is 0.308 e. The van der Waals surface area contributed by atoms with Crippen molar-refractivity contribution in [3.8, 4) is 5.75 Å². The number of phenolic OH excluding ortho intramolecular Hbond substituents is 1. The van der Waals surface area contributed by atoms with Crippen molar-refractivity contribution in [3.05, 3.63) is 65.2 Å². The van der Waals surface area contributed by atoms with Crippen molar-refractivity contribution in [2.75, 3.05) is 13.2 Å². The minimum atomic E-state index is -0.259. The fourth-order valence-electron chi connectivity index (χ4n) is 2.45. The first-order chi connectivity index (χ1) is 11.6. The van der Waals surface area contributed by atoms with E-state index in [0.29, 0.717) is 19.6 Å². The summed E-state index contributed by atoms with van der Waals surface area (Å²) in [5.41, 5.74) is 2.91. The van der Waals surface area contributed by atoms with Gasteiger partial charge in [0.05, 0.1) is 25.7 Å². The predicted octanol–water partition coefficient (Wildman–Crippen LogP) is 4.01. The first-order valence-electron chi connectivity index (χ1n) is 8.23. The molecule has 24 heavy (non-hydrogen) atoms. The highest BCUT2D eigenvalue weighted by atomic mass is 16.5. The van der Waals surface area contributed by atoms with Crippen LogP contribution in [-0.4, -0.2) is 24.3 Å². The Morgan fingerprint density at radius 3 is 2.58 bits per heavy atom. The van der Waals surface area contributed by atoms with E-state index in [1.54, 1.807) is 13.0 Å². The molecule has 1 atom stereocenters. The third kappa shape index (κ3) is 5.39. The van der Waals surface area contributed by atoms with Crippen LogP contribution in [0.5, 0.6) is 5.75 Å². The number of aromatic hydroxyl groups is 1. The average molecular weight is 328 g/mol. The van der Waals surface area contributed by atoms with E-state index in [-0.39, 0.29) is 24.2 Å². The molecule has 0 amide bonds. The van der Waals surface area contributed by atoms with Gasteiger partial charge in [0.25, 0.3) is 0 Å². The molecule has 0 heterocycles. The van der Waals surface area contributed by atoms with Crippen molar-refractivity contribution < 1.29 is 19.4 Å². The van der Waals surface area contributed by atoms with Gasteiger partial charge in [0.15, 0.2) is 0 Å². The number of hydrogen-bond donors (Lipinski definition) is 1. The van der Waals surface area contributed by atoms with Crippen LogP contribution in [-0.2, 0) is 20.7 Å². The quantitative estimate of drug-likeness (QED) is 0.744. The van der Waals surface area contributed by atoms with Gasteiger partial charge in [-0.3, -0.25) is 4.79 Å². The average Bonchev–Trinajstić information content (AvgIpc) is 2.58. The van der Waals surface area contributed by atoms with Crippen molar-refractivity contribution in [1.82, 2.24) is 0 Å². The number of ether oxygens (including phenoxy) is 2. The molecule has 128 valence electrons. The molecule has 2 aromatic carbocycles. The van der Waals surface area contributed by atoms with E-state index in [1.165, 1.54) is 0 Å². The fourth-order valence-corrected chi connectivity index (χ4v) is 2.45. The summed E-state index contributed by atoms with van der Waals surface area (Å²) in [5, 5.41) is 10.3. The van der Waals surface area contributed by atoms with Gasteiger partial charge in [0.2, 0.25) is 0 Å². The van der Waals surface area contributed by atoms with Crippen molar-refractivity contribution in [2.45, 2.75) is 32.8 Å². The number of esters is 1. The molecule has 0 aliphatic carbocycles. The van der Waals surface area contributed by atoms with E-state index in [4.69, 9.17) is 9.47 Å². The fraction of sp³-hybridized carbons (Fsp3) is 0.350.